The zero-order valence-corrected chi connectivity index (χ0v) is 12.6. The Labute approximate surface area is 127 Å². The number of aryl methyl sites for hydroxylation is 1. The molecule has 1 spiro atoms. The number of rotatable bonds is 1. The van der Waals surface area contributed by atoms with Crippen molar-refractivity contribution < 1.29 is 4.79 Å². The van der Waals surface area contributed by atoms with E-state index in [4.69, 9.17) is 0 Å². The van der Waals surface area contributed by atoms with Gasteiger partial charge in [0.1, 0.15) is 16.9 Å². The molecule has 8 nitrogen and oxygen atoms in total. The second-order valence-corrected chi connectivity index (χ2v) is 5.90. The Morgan fingerprint density at radius 2 is 2.05 bits per heavy atom. The molecule has 114 valence electrons. The molecule has 1 N–H and O–H groups in total. The van der Waals surface area contributed by atoms with Gasteiger partial charge >= 0.3 is 0 Å². The summed E-state index contributed by atoms with van der Waals surface area (Å²) in [6.45, 7) is 3.25. The molecule has 2 aromatic heterocycles. The Hall–Kier alpha value is -2.51. The highest BCUT2D eigenvalue weighted by atomic mass is 16.2. The predicted molar refractivity (Wildman–Crippen MR) is 81.7 cm³/mol. The summed E-state index contributed by atoms with van der Waals surface area (Å²) in [5, 5.41) is 2.81. The lowest BCUT2D eigenvalue weighted by atomic mass is 9.88. The first-order chi connectivity index (χ1) is 10.6. The minimum Gasteiger partial charge on any atom is -0.341 e. The van der Waals surface area contributed by atoms with Crippen LogP contribution in [-0.4, -0.2) is 49.9 Å². The van der Waals surface area contributed by atoms with E-state index < -0.39 is 5.54 Å². The van der Waals surface area contributed by atoms with Gasteiger partial charge in [0.25, 0.3) is 5.91 Å². The van der Waals surface area contributed by atoms with E-state index in [1.54, 1.807) is 12.5 Å². The van der Waals surface area contributed by atoms with Crippen LogP contribution in [0.4, 0.5) is 5.95 Å². The summed E-state index contributed by atoms with van der Waals surface area (Å²) in [7, 11) is 1.92. The van der Waals surface area contributed by atoms with Crippen LogP contribution >= 0.6 is 0 Å². The fourth-order valence-electron chi connectivity index (χ4n) is 3.15. The molecule has 1 amide bonds. The van der Waals surface area contributed by atoms with E-state index in [1.807, 2.05) is 18.5 Å². The lowest BCUT2D eigenvalue weighted by molar-refractivity contribution is -0.124. The lowest BCUT2D eigenvalue weighted by Crippen LogP contribution is -2.49. The van der Waals surface area contributed by atoms with Gasteiger partial charge in [-0.25, -0.2) is 9.97 Å². The van der Waals surface area contributed by atoms with Gasteiger partial charge in [-0.1, -0.05) is 0 Å². The Morgan fingerprint density at radius 1 is 1.27 bits per heavy atom. The Balaban J connectivity index is 1.56. The SMILES string of the molecule is CC1=NC2(CCN(c3ncc4c(ncn4C)n3)CC2)C(=O)N1. The van der Waals surface area contributed by atoms with Gasteiger partial charge in [-0.2, -0.15) is 4.98 Å². The van der Waals surface area contributed by atoms with Gasteiger partial charge in [-0.05, 0) is 19.8 Å². The van der Waals surface area contributed by atoms with Gasteiger partial charge < -0.3 is 14.8 Å². The van der Waals surface area contributed by atoms with Gasteiger partial charge in [0.2, 0.25) is 5.95 Å². The first-order valence-electron chi connectivity index (χ1n) is 7.34. The third kappa shape index (κ3) is 1.87. The molecule has 0 unspecified atom stereocenters. The number of imidazole rings is 1. The summed E-state index contributed by atoms with van der Waals surface area (Å²) in [6.07, 6.45) is 4.88. The zero-order chi connectivity index (χ0) is 15.3. The minimum atomic E-state index is -0.588. The van der Waals surface area contributed by atoms with Crippen LogP contribution in [0.1, 0.15) is 19.8 Å². The van der Waals surface area contributed by atoms with Gasteiger partial charge in [0.05, 0.1) is 12.5 Å². The van der Waals surface area contributed by atoms with Crippen LogP contribution in [0.3, 0.4) is 0 Å². The highest BCUT2D eigenvalue weighted by Crippen LogP contribution is 2.31. The molecule has 0 atom stereocenters. The van der Waals surface area contributed by atoms with E-state index >= 15 is 0 Å². The number of amides is 1. The molecular weight excluding hydrogens is 282 g/mol. The number of amidine groups is 1. The molecule has 22 heavy (non-hydrogen) atoms. The van der Waals surface area contributed by atoms with Crippen molar-refractivity contribution in [3.05, 3.63) is 12.5 Å². The lowest BCUT2D eigenvalue weighted by Gasteiger charge is -2.35. The number of nitrogens with one attached hydrogen (secondary N) is 1. The maximum atomic E-state index is 12.1. The highest BCUT2D eigenvalue weighted by molar-refractivity contribution is 6.07. The molecule has 0 aliphatic carbocycles. The largest absolute Gasteiger partial charge is 0.341 e. The highest BCUT2D eigenvalue weighted by Gasteiger charge is 2.45. The number of nitrogens with zero attached hydrogens (tertiary/aromatic N) is 6. The maximum Gasteiger partial charge on any atom is 0.253 e. The standard InChI is InChI=1S/C14H17N7O/c1-9-17-12(22)14(19-9)3-5-21(6-4-14)13-15-7-10-11(18-13)16-8-20(10)2/h7-8H,3-6H2,1-2H3,(H,17,19,22). The smallest absolute Gasteiger partial charge is 0.253 e. The monoisotopic (exact) mass is 299 g/mol. The third-order valence-electron chi connectivity index (χ3n) is 4.44. The number of fused-ring (bicyclic) bond motifs is 1. The average Bonchev–Trinajstić information content (AvgIpc) is 3.00. The molecule has 0 aromatic carbocycles. The van der Waals surface area contributed by atoms with Crippen LogP contribution in [0, 0.1) is 0 Å². The van der Waals surface area contributed by atoms with Crippen LogP contribution in [0.5, 0.6) is 0 Å². The van der Waals surface area contributed by atoms with Crippen molar-refractivity contribution in [2.75, 3.05) is 18.0 Å². The quantitative estimate of drug-likeness (QED) is 0.815. The van der Waals surface area contributed by atoms with E-state index in [-0.39, 0.29) is 5.91 Å². The van der Waals surface area contributed by atoms with Crippen LogP contribution < -0.4 is 10.2 Å². The number of hydrogen-bond acceptors (Lipinski definition) is 6. The van der Waals surface area contributed by atoms with Gasteiger partial charge in [0.15, 0.2) is 5.65 Å². The normalized spacial score (nSPS) is 20.5. The topological polar surface area (TPSA) is 88.3 Å². The zero-order valence-electron chi connectivity index (χ0n) is 12.6. The molecule has 1 saturated heterocycles. The molecule has 0 radical (unpaired) electrons. The van der Waals surface area contributed by atoms with Crippen LogP contribution in [0.25, 0.3) is 11.2 Å². The minimum absolute atomic E-state index is 0.0192. The Kier molecular flexibility index (Phi) is 2.69. The number of aromatic nitrogens is 4. The molecule has 0 saturated carbocycles. The van der Waals surface area contributed by atoms with Crippen molar-refractivity contribution in [3.8, 4) is 0 Å². The summed E-state index contributed by atoms with van der Waals surface area (Å²) < 4.78 is 1.89. The predicted octanol–water partition coefficient (Wildman–Crippen LogP) is 0.250. The Bertz CT molecular complexity index is 786. The molecule has 0 bridgehead atoms. The van der Waals surface area contributed by atoms with Crippen LogP contribution in [0.2, 0.25) is 0 Å². The van der Waals surface area contributed by atoms with E-state index in [1.165, 1.54) is 0 Å². The van der Waals surface area contributed by atoms with E-state index in [2.05, 4.69) is 30.2 Å². The maximum absolute atomic E-state index is 12.1. The molecule has 4 rings (SSSR count). The van der Waals surface area contributed by atoms with Crippen molar-refractivity contribution in [3.63, 3.8) is 0 Å². The van der Waals surface area contributed by atoms with Gasteiger partial charge in [0, 0.05) is 20.1 Å². The molecule has 2 aliphatic heterocycles. The third-order valence-corrected chi connectivity index (χ3v) is 4.44. The number of aliphatic imine (C=N–C) groups is 1. The Morgan fingerprint density at radius 3 is 2.73 bits per heavy atom. The van der Waals surface area contributed by atoms with Crippen LogP contribution in [0.15, 0.2) is 17.5 Å². The number of carbonyl (C=O) groups excluding carboxylic acids is 1. The number of carbonyl (C=O) groups is 1. The van der Waals surface area contributed by atoms with Crippen molar-refractivity contribution in [2.45, 2.75) is 25.3 Å². The van der Waals surface area contributed by atoms with Crippen molar-refractivity contribution in [1.29, 1.82) is 0 Å². The summed E-state index contributed by atoms with van der Waals surface area (Å²) in [6, 6.07) is 0. The molecular formula is C14H17N7O. The fraction of sp³-hybridized carbons (Fsp3) is 0.500. The summed E-state index contributed by atoms with van der Waals surface area (Å²) in [5.74, 6) is 1.40. The van der Waals surface area contributed by atoms with Gasteiger partial charge in [-0.15, -0.1) is 0 Å². The first kappa shape index (κ1) is 13.2. The van der Waals surface area contributed by atoms with E-state index in [0.29, 0.717) is 43.4 Å². The molecule has 8 heteroatoms. The van der Waals surface area contributed by atoms with Crippen LogP contribution in [-0.2, 0) is 11.8 Å². The summed E-state index contributed by atoms with van der Waals surface area (Å²) in [4.78, 5) is 31.9. The van der Waals surface area contributed by atoms with Crippen molar-refractivity contribution in [2.24, 2.45) is 12.0 Å². The van der Waals surface area contributed by atoms with E-state index in [9.17, 15) is 4.79 Å². The second kappa shape index (κ2) is 4.49. The fourth-order valence-corrected chi connectivity index (χ4v) is 3.15. The number of anilines is 1. The first-order valence-corrected chi connectivity index (χ1v) is 7.34. The van der Waals surface area contributed by atoms with Gasteiger partial charge in [-0.3, -0.25) is 9.79 Å². The van der Waals surface area contributed by atoms with E-state index in [0.717, 1.165) is 5.52 Å². The summed E-state index contributed by atoms with van der Waals surface area (Å²) in [5.41, 5.74) is 1.02. The van der Waals surface area contributed by atoms with Crippen molar-refractivity contribution in [1.82, 2.24) is 24.8 Å². The molecule has 2 aromatic rings. The molecule has 2 aliphatic rings. The molecule has 4 heterocycles. The second-order valence-electron chi connectivity index (χ2n) is 5.90. The number of hydrogen-bond donors (Lipinski definition) is 1. The number of piperidine rings is 1. The molecule has 1 fully saturated rings. The summed E-state index contributed by atoms with van der Waals surface area (Å²) >= 11 is 0. The average molecular weight is 299 g/mol. The van der Waals surface area contributed by atoms with Crippen molar-refractivity contribution >= 4 is 28.9 Å².